The Hall–Kier alpha value is -1.61. The molecule has 2 amide bonds. The summed E-state index contributed by atoms with van der Waals surface area (Å²) in [5.41, 5.74) is 0. The largest absolute Gasteiger partial charge is 0.379 e. The number of ether oxygens (including phenoxy) is 1. The van der Waals surface area contributed by atoms with Gasteiger partial charge in [-0.25, -0.2) is 0 Å². The van der Waals surface area contributed by atoms with Crippen LogP contribution in [0.3, 0.4) is 0 Å². The summed E-state index contributed by atoms with van der Waals surface area (Å²) < 4.78 is 5.02. The van der Waals surface area contributed by atoms with Crippen molar-refractivity contribution in [2.75, 3.05) is 19.8 Å². The molecule has 6 heteroatoms. The summed E-state index contributed by atoms with van der Waals surface area (Å²) >= 11 is 0. The summed E-state index contributed by atoms with van der Waals surface area (Å²) in [5, 5.41) is 12.8. The van der Waals surface area contributed by atoms with Gasteiger partial charge < -0.3 is 15.4 Å². The Balaban J connectivity index is 2.26. The fraction of sp³-hybridized carbons (Fsp3) is 0.625. The number of nitrogens with zero attached hydrogens (tertiary/aromatic N) is 1. The fourth-order valence-corrected chi connectivity index (χ4v) is 1.10. The highest BCUT2D eigenvalue weighted by Crippen LogP contribution is 2.02. The van der Waals surface area contributed by atoms with E-state index >= 15 is 0 Å². The summed E-state index contributed by atoms with van der Waals surface area (Å²) in [4.78, 5) is 22.1. The molecule has 0 bridgehead atoms. The lowest BCUT2D eigenvalue weighted by atomic mass is 10.2. The predicted molar refractivity (Wildman–Crippen MR) is 46.0 cm³/mol. The number of nitriles is 1. The van der Waals surface area contributed by atoms with Gasteiger partial charge in [0.25, 0.3) is 0 Å². The quantitative estimate of drug-likeness (QED) is 0.417. The van der Waals surface area contributed by atoms with Crippen LogP contribution in [0.5, 0.6) is 0 Å². The Bertz CT molecular complexity index is 265. The van der Waals surface area contributed by atoms with E-state index in [4.69, 9.17) is 10.00 Å². The second-order valence-electron chi connectivity index (χ2n) is 2.87. The average Bonchev–Trinajstić information content (AvgIpc) is 2.66. The lowest BCUT2D eigenvalue weighted by Crippen LogP contribution is -2.44. The first-order valence-electron chi connectivity index (χ1n) is 4.27. The third kappa shape index (κ3) is 3.03. The van der Waals surface area contributed by atoms with Gasteiger partial charge in [0.15, 0.2) is 0 Å². The lowest BCUT2D eigenvalue weighted by molar-refractivity contribution is -0.139. The highest BCUT2D eigenvalue weighted by Gasteiger charge is 2.21. The molecule has 0 radical (unpaired) electrons. The normalized spacial score (nSPS) is 19.8. The van der Waals surface area contributed by atoms with Crippen molar-refractivity contribution in [2.45, 2.75) is 12.5 Å². The van der Waals surface area contributed by atoms with Crippen LogP contribution in [0.4, 0.5) is 0 Å². The zero-order chi connectivity index (χ0) is 10.4. The van der Waals surface area contributed by atoms with E-state index in [9.17, 15) is 9.59 Å². The number of nitrogens with one attached hydrogen (secondary N) is 2. The third-order valence-corrected chi connectivity index (χ3v) is 1.80. The van der Waals surface area contributed by atoms with Crippen LogP contribution in [-0.4, -0.2) is 37.6 Å². The van der Waals surface area contributed by atoms with Crippen molar-refractivity contribution in [1.29, 1.82) is 5.26 Å². The molecule has 1 aliphatic rings. The van der Waals surface area contributed by atoms with Gasteiger partial charge in [-0.15, -0.1) is 0 Å². The summed E-state index contributed by atoms with van der Waals surface area (Å²) in [5.74, 6) is -1.49. The van der Waals surface area contributed by atoms with E-state index in [-0.39, 0.29) is 12.6 Å². The molecule has 2 N–H and O–H groups in total. The molecular weight excluding hydrogens is 186 g/mol. The average molecular weight is 197 g/mol. The SMILES string of the molecule is N#CCNC(=O)C(=O)NC1CCOC1. The summed E-state index contributed by atoms with van der Waals surface area (Å²) in [6.45, 7) is 0.884. The molecule has 0 aromatic rings. The summed E-state index contributed by atoms with van der Waals surface area (Å²) in [6.07, 6.45) is 0.720. The molecule has 1 saturated heterocycles. The highest BCUT2D eigenvalue weighted by atomic mass is 16.5. The van der Waals surface area contributed by atoms with Crippen molar-refractivity contribution < 1.29 is 14.3 Å². The summed E-state index contributed by atoms with van der Waals surface area (Å²) in [6, 6.07) is 1.62. The Labute approximate surface area is 81.2 Å². The fourth-order valence-electron chi connectivity index (χ4n) is 1.10. The van der Waals surface area contributed by atoms with Crippen molar-refractivity contribution in [3.63, 3.8) is 0 Å². The van der Waals surface area contributed by atoms with Crippen molar-refractivity contribution in [2.24, 2.45) is 0 Å². The van der Waals surface area contributed by atoms with Gasteiger partial charge >= 0.3 is 11.8 Å². The second kappa shape index (κ2) is 5.19. The van der Waals surface area contributed by atoms with Crippen LogP contribution in [0, 0.1) is 11.3 Å². The van der Waals surface area contributed by atoms with E-state index in [0.717, 1.165) is 6.42 Å². The first kappa shape index (κ1) is 10.5. The Morgan fingerprint density at radius 1 is 1.50 bits per heavy atom. The van der Waals surface area contributed by atoms with Crippen LogP contribution in [0.2, 0.25) is 0 Å². The number of amides is 2. The smallest absolute Gasteiger partial charge is 0.310 e. The number of carbonyl (C=O) groups is 2. The molecule has 1 heterocycles. The Morgan fingerprint density at radius 2 is 2.29 bits per heavy atom. The molecule has 1 rings (SSSR count). The molecule has 1 aliphatic heterocycles. The van der Waals surface area contributed by atoms with E-state index in [1.54, 1.807) is 6.07 Å². The Kier molecular flexibility index (Phi) is 3.88. The molecule has 0 spiro atoms. The minimum Gasteiger partial charge on any atom is -0.379 e. The lowest BCUT2D eigenvalue weighted by Gasteiger charge is -2.09. The number of hydrogen-bond acceptors (Lipinski definition) is 4. The van der Waals surface area contributed by atoms with E-state index in [2.05, 4.69) is 10.6 Å². The standard InChI is InChI=1S/C8H11N3O3/c9-2-3-10-7(12)8(13)11-6-1-4-14-5-6/h6H,1,3-5H2,(H,10,12)(H,11,13). The molecule has 0 aromatic carbocycles. The van der Waals surface area contributed by atoms with Gasteiger partial charge in [-0.3, -0.25) is 9.59 Å². The van der Waals surface area contributed by atoms with Crippen LogP contribution in [0.15, 0.2) is 0 Å². The Morgan fingerprint density at radius 3 is 2.86 bits per heavy atom. The van der Waals surface area contributed by atoms with Gasteiger partial charge in [0.2, 0.25) is 0 Å². The molecular formula is C8H11N3O3. The maximum Gasteiger partial charge on any atom is 0.310 e. The monoisotopic (exact) mass is 197 g/mol. The highest BCUT2D eigenvalue weighted by molar-refractivity contribution is 6.35. The van der Waals surface area contributed by atoms with Crippen molar-refractivity contribution in [3.8, 4) is 6.07 Å². The molecule has 0 aromatic heterocycles. The van der Waals surface area contributed by atoms with Crippen LogP contribution in [0.25, 0.3) is 0 Å². The number of carbonyl (C=O) groups excluding carboxylic acids is 2. The minimum atomic E-state index is -0.779. The van der Waals surface area contributed by atoms with E-state index in [0.29, 0.717) is 13.2 Å². The molecule has 1 atom stereocenters. The topological polar surface area (TPSA) is 91.2 Å². The van der Waals surface area contributed by atoms with Gasteiger partial charge in [-0.05, 0) is 6.42 Å². The van der Waals surface area contributed by atoms with Crippen molar-refractivity contribution in [3.05, 3.63) is 0 Å². The molecule has 1 unspecified atom stereocenters. The predicted octanol–water partition coefficient (Wildman–Crippen LogP) is -1.47. The van der Waals surface area contributed by atoms with Crippen LogP contribution < -0.4 is 10.6 Å². The molecule has 14 heavy (non-hydrogen) atoms. The zero-order valence-electron chi connectivity index (χ0n) is 7.58. The first-order chi connectivity index (χ1) is 6.74. The van der Waals surface area contributed by atoms with Crippen molar-refractivity contribution in [1.82, 2.24) is 10.6 Å². The molecule has 0 saturated carbocycles. The second-order valence-corrected chi connectivity index (χ2v) is 2.87. The van der Waals surface area contributed by atoms with Gasteiger partial charge in [0.05, 0.1) is 18.7 Å². The van der Waals surface area contributed by atoms with Crippen molar-refractivity contribution >= 4 is 11.8 Å². The van der Waals surface area contributed by atoms with E-state index in [1.165, 1.54) is 0 Å². The van der Waals surface area contributed by atoms with Gasteiger partial charge in [-0.2, -0.15) is 5.26 Å². The first-order valence-corrected chi connectivity index (χ1v) is 4.27. The molecule has 0 aliphatic carbocycles. The van der Waals surface area contributed by atoms with Gasteiger partial charge in [0, 0.05) is 6.61 Å². The molecule has 6 nitrogen and oxygen atoms in total. The molecule has 1 fully saturated rings. The van der Waals surface area contributed by atoms with Crippen LogP contribution >= 0.6 is 0 Å². The zero-order valence-corrected chi connectivity index (χ0v) is 7.58. The van der Waals surface area contributed by atoms with E-state index in [1.807, 2.05) is 0 Å². The summed E-state index contributed by atoms with van der Waals surface area (Å²) in [7, 11) is 0. The third-order valence-electron chi connectivity index (χ3n) is 1.80. The number of hydrogen-bond donors (Lipinski definition) is 2. The number of rotatable bonds is 2. The minimum absolute atomic E-state index is 0.0877. The van der Waals surface area contributed by atoms with E-state index < -0.39 is 11.8 Å². The van der Waals surface area contributed by atoms with Crippen LogP contribution in [0.1, 0.15) is 6.42 Å². The van der Waals surface area contributed by atoms with Gasteiger partial charge in [0.1, 0.15) is 6.54 Å². The maximum atomic E-state index is 11.1. The van der Waals surface area contributed by atoms with Gasteiger partial charge in [-0.1, -0.05) is 0 Å². The maximum absolute atomic E-state index is 11.1. The molecule has 76 valence electrons. The van der Waals surface area contributed by atoms with Crippen LogP contribution in [-0.2, 0) is 14.3 Å².